The van der Waals surface area contributed by atoms with E-state index in [1.54, 1.807) is 19.1 Å². The molecule has 116 valence electrons. The van der Waals surface area contributed by atoms with Gasteiger partial charge in [-0.05, 0) is 36.9 Å². The first-order valence-corrected chi connectivity index (χ1v) is 7.30. The normalized spacial score (nSPS) is 11.4. The summed E-state index contributed by atoms with van der Waals surface area (Å²) >= 11 is 1.14. The predicted octanol–water partition coefficient (Wildman–Crippen LogP) is 2.50. The van der Waals surface area contributed by atoms with E-state index in [1.165, 1.54) is 12.1 Å². The number of fused-ring (bicyclic) bond motifs is 1. The SMILES string of the molecule is CCOC(=O)c1cc2ccc(C(C)(C(=O)O)C(=O)O)cc2s1. The maximum absolute atomic E-state index is 11.7. The van der Waals surface area contributed by atoms with Gasteiger partial charge in [0.1, 0.15) is 4.88 Å². The number of thiophene rings is 1. The summed E-state index contributed by atoms with van der Waals surface area (Å²) in [5, 5.41) is 19.2. The van der Waals surface area contributed by atoms with Crippen molar-refractivity contribution in [3.63, 3.8) is 0 Å². The highest BCUT2D eigenvalue weighted by Crippen LogP contribution is 2.32. The third kappa shape index (κ3) is 2.55. The fraction of sp³-hybridized carbons (Fsp3) is 0.267. The molecule has 0 radical (unpaired) electrons. The van der Waals surface area contributed by atoms with Gasteiger partial charge in [0, 0.05) is 4.70 Å². The summed E-state index contributed by atoms with van der Waals surface area (Å²) < 4.78 is 5.55. The minimum atomic E-state index is -2.04. The number of hydrogen-bond acceptors (Lipinski definition) is 5. The molecular weight excluding hydrogens is 308 g/mol. The number of carbonyl (C=O) groups is 3. The van der Waals surface area contributed by atoms with Gasteiger partial charge < -0.3 is 14.9 Å². The van der Waals surface area contributed by atoms with Crippen molar-refractivity contribution in [1.29, 1.82) is 0 Å². The molecule has 0 saturated carbocycles. The van der Waals surface area contributed by atoms with Crippen LogP contribution in [-0.2, 0) is 19.7 Å². The van der Waals surface area contributed by atoms with Gasteiger partial charge in [0.2, 0.25) is 0 Å². The second-order valence-electron chi connectivity index (χ2n) is 4.82. The van der Waals surface area contributed by atoms with E-state index in [0.717, 1.165) is 23.6 Å². The number of carboxylic acids is 2. The van der Waals surface area contributed by atoms with Gasteiger partial charge in [-0.1, -0.05) is 12.1 Å². The molecule has 0 aliphatic heterocycles. The maximum Gasteiger partial charge on any atom is 0.348 e. The molecule has 2 N–H and O–H groups in total. The van der Waals surface area contributed by atoms with Crippen LogP contribution >= 0.6 is 11.3 Å². The zero-order valence-electron chi connectivity index (χ0n) is 12.0. The minimum Gasteiger partial charge on any atom is -0.480 e. The molecule has 0 atom stereocenters. The molecule has 0 spiro atoms. The van der Waals surface area contributed by atoms with E-state index >= 15 is 0 Å². The highest BCUT2D eigenvalue weighted by Gasteiger charge is 2.43. The summed E-state index contributed by atoms with van der Waals surface area (Å²) in [4.78, 5) is 34.8. The Balaban J connectivity index is 2.53. The van der Waals surface area contributed by atoms with Crippen molar-refractivity contribution in [2.24, 2.45) is 0 Å². The second kappa shape index (κ2) is 5.76. The van der Waals surface area contributed by atoms with Gasteiger partial charge in [0.15, 0.2) is 5.41 Å². The fourth-order valence-corrected chi connectivity index (χ4v) is 2.98. The van der Waals surface area contributed by atoms with Crippen LogP contribution in [0.4, 0.5) is 0 Å². The number of esters is 1. The lowest BCUT2D eigenvalue weighted by molar-refractivity contribution is -0.156. The van der Waals surface area contributed by atoms with Crippen molar-refractivity contribution in [3.8, 4) is 0 Å². The van der Waals surface area contributed by atoms with E-state index < -0.39 is 23.3 Å². The highest BCUT2D eigenvalue weighted by atomic mass is 32.1. The molecule has 0 aliphatic rings. The number of aliphatic carboxylic acids is 2. The molecule has 1 aromatic carbocycles. The fourth-order valence-electron chi connectivity index (χ4n) is 1.98. The second-order valence-corrected chi connectivity index (χ2v) is 5.90. The van der Waals surface area contributed by atoms with Crippen LogP contribution in [0.5, 0.6) is 0 Å². The van der Waals surface area contributed by atoms with Crippen molar-refractivity contribution < 1.29 is 29.3 Å². The lowest BCUT2D eigenvalue weighted by Crippen LogP contribution is -2.40. The Hall–Kier alpha value is -2.41. The molecule has 2 aromatic rings. The van der Waals surface area contributed by atoms with Crippen molar-refractivity contribution in [1.82, 2.24) is 0 Å². The lowest BCUT2D eigenvalue weighted by Gasteiger charge is -2.20. The van der Waals surface area contributed by atoms with Crippen LogP contribution in [0.15, 0.2) is 24.3 Å². The van der Waals surface area contributed by atoms with E-state index in [2.05, 4.69) is 0 Å². The van der Waals surface area contributed by atoms with E-state index in [-0.39, 0.29) is 12.2 Å². The number of ether oxygens (including phenoxy) is 1. The summed E-state index contributed by atoms with van der Waals surface area (Å²) in [5.74, 6) is -3.34. The molecule has 2 rings (SSSR count). The van der Waals surface area contributed by atoms with Gasteiger partial charge in [-0.15, -0.1) is 11.3 Å². The van der Waals surface area contributed by atoms with Gasteiger partial charge in [0.25, 0.3) is 0 Å². The molecule has 0 unspecified atom stereocenters. The third-order valence-electron chi connectivity index (χ3n) is 3.43. The van der Waals surface area contributed by atoms with Gasteiger partial charge in [0.05, 0.1) is 6.61 Å². The summed E-state index contributed by atoms with van der Waals surface area (Å²) in [6.07, 6.45) is 0. The Morgan fingerprint density at radius 1 is 1.18 bits per heavy atom. The van der Waals surface area contributed by atoms with Gasteiger partial charge in [-0.3, -0.25) is 9.59 Å². The molecule has 0 saturated heterocycles. The third-order valence-corrected chi connectivity index (χ3v) is 4.51. The molecule has 0 aliphatic carbocycles. The zero-order valence-corrected chi connectivity index (χ0v) is 12.8. The number of carboxylic acid groups (broad SMARTS) is 2. The average molecular weight is 322 g/mol. The summed E-state index contributed by atoms with van der Waals surface area (Å²) in [6, 6.07) is 6.19. The maximum atomic E-state index is 11.7. The standard InChI is InChI=1S/C15H14O6S/c1-3-21-12(16)11-6-8-4-5-9(7-10(8)22-11)15(2,13(17)18)14(19)20/h4-7H,3H2,1-2H3,(H,17,18)(H,19,20). The van der Waals surface area contributed by atoms with Crippen molar-refractivity contribution >= 4 is 39.3 Å². The van der Waals surface area contributed by atoms with Crippen LogP contribution in [0, 0.1) is 0 Å². The number of rotatable bonds is 5. The first kappa shape index (κ1) is 16.0. The summed E-state index contributed by atoms with van der Waals surface area (Å²) in [6.45, 7) is 3.10. The highest BCUT2D eigenvalue weighted by molar-refractivity contribution is 7.20. The van der Waals surface area contributed by atoms with Crippen molar-refractivity contribution in [3.05, 3.63) is 34.7 Å². The summed E-state index contributed by atoms with van der Waals surface area (Å²) in [7, 11) is 0. The molecule has 0 amide bonds. The van der Waals surface area contributed by atoms with E-state index in [4.69, 9.17) is 4.74 Å². The lowest BCUT2D eigenvalue weighted by atomic mass is 9.82. The van der Waals surface area contributed by atoms with E-state index in [9.17, 15) is 24.6 Å². The van der Waals surface area contributed by atoms with Crippen LogP contribution < -0.4 is 0 Å². The minimum absolute atomic E-state index is 0.150. The predicted molar refractivity (Wildman–Crippen MR) is 80.4 cm³/mol. The number of benzene rings is 1. The molecule has 1 heterocycles. The van der Waals surface area contributed by atoms with Crippen molar-refractivity contribution in [2.75, 3.05) is 6.61 Å². The molecule has 6 nitrogen and oxygen atoms in total. The smallest absolute Gasteiger partial charge is 0.348 e. The zero-order chi connectivity index (χ0) is 16.5. The Kier molecular flexibility index (Phi) is 4.18. The Morgan fingerprint density at radius 3 is 2.36 bits per heavy atom. The Labute approximate surface area is 129 Å². The van der Waals surface area contributed by atoms with E-state index in [0.29, 0.717) is 9.58 Å². The molecule has 7 heteroatoms. The first-order valence-electron chi connectivity index (χ1n) is 6.48. The Bertz CT molecular complexity index is 746. The van der Waals surface area contributed by atoms with Crippen LogP contribution in [0.25, 0.3) is 10.1 Å². The summed E-state index contributed by atoms with van der Waals surface area (Å²) in [5.41, 5.74) is -1.89. The molecule has 0 bridgehead atoms. The topological polar surface area (TPSA) is 101 Å². The number of hydrogen-bond donors (Lipinski definition) is 2. The van der Waals surface area contributed by atoms with Gasteiger partial charge in [-0.2, -0.15) is 0 Å². The monoisotopic (exact) mass is 322 g/mol. The van der Waals surface area contributed by atoms with Crippen LogP contribution in [-0.4, -0.2) is 34.7 Å². The van der Waals surface area contributed by atoms with Gasteiger partial charge in [-0.25, -0.2) is 4.79 Å². The number of carbonyl (C=O) groups excluding carboxylic acids is 1. The average Bonchev–Trinajstić information content (AvgIpc) is 2.89. The largest absolute Gasteiger partial charge is 0.480 e. The molecular formula is C15H14O6S. The van der Waals surface area contributed by atoms with Crippen LogP contribution in [0.1, 0.15) is 29.1 Å². The van der Waals surface area contributed by atoms with Gasteiger partial charge >= 0.3 is 17.9 Å². The van der Waals surface area contributed by atoms with Crippen LogP contribution in [0.2, 0.25) is 0 Å². The first-order chi connectivity index (χ1) is 10.3. The Morgan fingerprint density at radius 2 is 1.82 bits per heavy atom. The van der Waals surface area contributed by atoms with Crippen molar-refractivity contribution in [2.45, 2.75) is 19.3 Å². The van der Waals surface area contributed by atoms with E-state index in [1.807, 2.05) is 0 Å². The van der Waals surface area contributed by atoms with Crippen LogP contribution in [0.3, 0.4) is 0 Å². The molecule has 1 aromatic heterocycles. The quantitative estimate of drug-likeness (QED) is 0.648. The molecule has 0 fully saturated rings. The molecule has 22 heavy (non-hydrogen) atoms.